The lowest BCUT2D eigenvalue weighted by Crippen LogP contribution is -2.51. The summed E-state index contributed by atoms with van der Waals surface area (Å²) in [5.74, 6) is 0. The van der Waals surface area contributed by atoms with Gasteiger partial charge in [0.25, 0.3) is 0 Å². The molecular formula is C16H25BrN2O. The molecule has 1 aliphatic rings. The van der Waals surface area contributed by atoms with Crippen LogP contribution in [0.1, 0.15) is 44.7 Å². The first kappa shape index (κ1) is 16.0. The summed E-state index contributed by atoms with van der Waals surface area (Å²) in [5.41, 5.74) is 7.01. The highest BCUT2D eigenvalue weighted by atomic mass is 79.9. The first-order valence-electron chi connectivity index (χ1n) is 7.40. The van der Waals surface area contributed by atoms with Crippen LogP contribution < -0.4 is 5.73 Å². The SMILES string of the molecule is CCC(N)C(c1cccc(Br)c1)N1CCCC(C)(O)C1. The Morgan fingerprint density at radius 2 is 2.25 bits per heavy atom. The maximum absolute atomic E-state index is 10.4. The standard InChI is InChI=1S/C16H25BrN2O/c1-3-14(18)15(12-6-4-7-13(17)10-12)19-9-5-8-16(2,20)11-19/h4,6-7,10,14-15,20H,3,5,8-9,11,18H2,1-2H3. The Morgan fingerprint density at radius 1 is 1.50 bits per heavy atom. The van der Waals surface area contributed by atoms with Gasteiger partial charge >= 0.3 is 0 Å². The molecule has 1 aromatic carbocycles. The van der Waals surface area contributed by atoms with Crippen molar-refractivity contribution in [1.29, 1.82) is 0 Å². The zero-order valence-electron chi connectivity index (χ0n) is 12.3. The molecule has 4 heteroatoms. The molecule has 112 valence electrons. The summed E-state index contributed by atoms with van der Waals surface area (Å²) >= 11 is 3.54. The Balaban J connectivity index is 2.28. The number of rotatable bonds is 4. The molecule has 1 saturated heterocycles. The van der Waals surface area contributed by atoms with E-state index in [4.69, 9.17) is 5.73 Å². The van der Waals surface area contributed by atoms with Gasteiger partial charge in [0.1, 0.15) is 0 Å². The highest BCUT2D eigenvalue weighted by Gasteiger charge is 2.34. The quantitative estimate of drug-likeness (QED) is 0.885. The molecule has 1 fully saturated rings. The predicted octanol–water partition coefficient (Wildman–Crippen LogP) is 3.07. The van der Waals surface area contributed by atoms with Crippen LogP contribution >= 0.6 is 15.9 Å². The third-order valence-electron chi connectivity index (χ3n) is 4.16. The minimum absolute atomic E-state index is 0.0817. The van der Waals surface area contributed by atoms with Crippen LogP contribution in [0, 0.1) is 0 Å². The maximum Gasteiger partial charge on any atom is 0.0746 e. The van der Waals surface area contributed by atoms with Crippen LogP contribution in [0.4, 0.5) is 0 Å². The molecule has 0 radical (unpaired) electrons. The van der Waals surface area contributed by atoms with Crippen molar-refractivity contribution >= 4 is 15.9 Å². The van der Waals surface area contributed by atoms with E-state index in [1.807, 2.05) is 13.0 Å². The van der Waals surface area contributed by atoms with Crippen molar-refractivity contribution in [3.8, 4) is 0 Å². The predicted molar refractivity (Wildman–Crippen MR) is 86.6 cm³/mol. The van der Waals surface area contributed by atoms with Crippen molar-refractivity contribution in [2.75, 3.05) is 13.1 Å². The first-order chi connectivity index (χ1) is 9.43. The fourth-order valence-corrected chi connectivity index (χ4v) is 3.56. The van der Waals surface area contributed by atoms with Gasteiger partial charge in [0.15, 0.2) is 0 Å². The van der Waals surface area contributed by atoms with Crippen LogP contribution in [0.3, 0.4) is 0 Å². The van der Waals surface area contributed by atoms with Gasteiger partial charge < -0.3 is 10.8 Å². The zero-order chi connectivity index (χ0) is 14.8. The molecule has 0 aromatic heterocycles. The number of aliphatic hydroxyl groups is 1. The van der Waals surface area contributed by atoms with Crippen LogP contribution in [0.5, 0.6) is 0 Å². The highest BCUT2D eigenvalue weighted by molar-refractivity contribution is 9.10. The van der Waals surface area contributed by atoms with Crippen LogP contribution in [-0.2, 0) is 0 Å². The van der Waals surface area contributed by atoms with Gasteiger partial charge in [-0.3, -0.25) is 4.90 Å². The number of β-amino-alcohol motifs (C(OH)–C–C–N with tert-alkyl or cyclic N) is 1. The number of hydrogen-bond acceptors (Lipinski definition) is 3. The van der Waals surface area contributed by atoms with E-state index in [1.165, 1.54) is 5.56 Å². The molecule has 1 heterocycles. The summed E-state index contributed by atoms with van der Waals surface area (Å²) in [6.45, 7) is 5.74. The molecule has 0 saturated carbocycles. The molecule has 2 rings (SSSR count). The number of benzene rings is 1. The van der Waals surface area contributed by atoms with Gasteiger partial charge in [-0.15, -0.1) is 0 Å². The molecule has 0 bridgehead atoms. The number of piperidine rings is 1. The van der Waals surface area contributed by atoms with Gasteiger partial charge in [0.05, 0.1) is 11.6 Å². The van der Waals surface area contributed by atoms with E-state index in [9.17, 15) is 5.11 Å². The topological polar surface area (TPSA) is 49.5 Å². The Labute approximate surface area is 130 Å². The number of nitrogens with two attached hydrogens (primary N) is 1. The average Bonchev–Trinajstić information content (AvgIpc) is 2.38. The van der Waals surface area contributed by atoms with E-state index in [1.54, 1.807) is 0 Å². The second kappa shape index (κ2) is 6.56. The van der Waals surface area contributed by atoms with Gasteiger partial charge in [-0.05, 0) is 50.4 Å². The molecule has 3 nitrogen and oxygen atoms in total. The lowest BCUT2D eigenvalue weighted by molar-refractivity contribution is -0.0343. The molecular weight excluding hydrogens is 316 g/mol. The Bertz CT molecular complexity index is 450. The summed E-state index contributed by atoms with van der Waals surface area (Å²) in [7, 11) is 0. The smallest absolute Gasteiger partial charge is 0.0746 e. The molecule has 0 spiro atoms. The number of halogens is 1. The normalized spacial score (nSPS) is 27.2. The fraction of sp³-hybridized carbons (Fsp3) is 0.625. The van der Waals surface area contributed by atoms with Crippen LogP contribution in [0.25, 0.3) is 0 Å². The average molecular weight is 341 g/mol. The van der Waals surface area contributed by atoms with Gasteiger partial charge in [0, 0.05) is 17.1 Å². The lowest BCUT2D eigenvalue weighted by Gasteiger charge is -2.43. The monoisotopic (exact) mass is 340 g/mol. The fourth-order valence-electron chi connectivity index (χ4n) is 3.14. The maximum atomic E-state index is 10.4. The number of likely N-dealkylation sites (tertiary alicyclic amines) is 1. The van der Waals surface area contributed by atoms with Gasteiger partial charge in [-0.25, -0.2) is 0 Å². The van der Waals surface area contributed by atoms with E-state index in [2.05, 4.69) is 46.0 Å². The third-order valence-corrected chi connectivity index (χ3v) is 4.66. The number of hydrogen-bond donors (Lipinski definition) is 2. The Hall–Kier alpha value is -0.420. The third kappa shape index (κ3) is 3.82. The van der Waals surface area contributed by atoms with Crippen molar-refractivity contribution in [2.24, 2.45) is 5.73 Å². The van der Waals surface area contributed by atoms with Crippen molar-refractivity contribution in [3.63, 3.8) is 0 Å². The van der Waals surface area contributed by atoms with E-state index >= 15 is 0 Å². The first-order valence-corrected chi connectivity index (χ1v) is 8.20. The molecule has 3 atom stereocenters. The van der Waals surface area contributed by atoms with Crippen molar-refractivity contribution < 1.29 is 5.11 Å². The van der Waals surface area contributed by atoms with Crippen LogP contribution in [0.15, 0.2) is 28.7 Å². The summed E-state index contributed by atoms with van der Waals surface area (Å²) in [5, 5.41) is 10.4. The van der Waals surface area contributed by atoms with Crippen molar-refractivity contribution in [3.05, 3.63) is 34.3 Å². The van der Waals surface area contributed by atoms with Gasteiger partial charge in [-0.2, -0.15) is 0 Å². The zero-order valence-corrected chi connectivity index (χ0v) is 13.9. The van der Waals surface area contributed by atoms with Crippen molar-refractivity contribution in [1.82, 2.24) is 4.90 Å². The van der Waals surface area contributed by atoms with E-state index in [0.29, 0.717) is 6.54 Å². The molecule has 3 N–H and O–H groups in total. The summed E-state index contributed by atoms with van der Waals surface area (Å²) in [6.07, 6.45) is 2.82. The molecule has 0 amide bonds. The molecule has 3 unspecified atom stereocenters. The van der Waals surface area contributed by atoms with Gasteiger partial charge in [-0.1, -0.05) is 35.0 Å². The number of nitrogens with zero attached hydrogens (tertiary/aromatic N) is 1. The second-order valence-electron chi connectivity index (χ2n) is 6.14. The summed E-state index contributed by atoms with van der Waals surface area (Å²) in [6, 6.07) is 8.61. The minimum Gasteiger partial charge on any atom is -0.389 e. The summed E-state index contributed by atoms with van der Waals surface area (Å²) in [4.78, 5) is 2.35. The largest absolute Gasteiger partial charge is 0.389 e. The van der Waals surface area contributed by atoms with Crippen LogP contribution in [-0.4, -0.2) is 34.7 Å². The highest BCUT2D eigenvalue weighted by Crippen LogP contribution is 2.32. The van der Waals surface area contributed by atoms with E-state index in [-0.39, 0.29) is 12.1 Å². The van der Waals surface area contributed by atoms with Gasteiger partial charge in [0.2, 0.25) is 0 Å². The second-order valence-corrected chi connectivity index (χ2v) is 7.06. The van der Waals surface area contributed by atoms with E-state index in [0.717, 1.165) is 30.3 Å². The lowest BCUT2D eigenvalue weighted by atomic mass is 9.89. The van der Waals surface area contributed by atoms with Crippen molar-refractivity contribution in [2.45, 2.75) is 50.8 Å². The molecule has 20 heavy (non-hydrogen) atoms. The molecule has 0 aliphatic carbocycles. The van der Waals surface area contributed by atoms with Crippen LogP contribution in [0.2, 0.25) is 0 Å². The van der Waals surface area contributed by atoms with E-state index < -0.39 is 5.60 Å². The Morgan fingerprint density at radius 3 is 2.85 bits per heavy atom. The minimum atomic E-state index is -0.601. The Kier molecular flexibility index (Phi) is 5.24. The summed E-state index contributed by atoms with van der Waals surface area (Å²) < 4.78 is 1.08. The molecule has 1 aliphatic heterocycles. The molecule has 1 aromatic rings.